The Kier molecular flexibility index (Phi) is 4.90. The highest BCUT2D eigenvalue weighted by molar-refractivity contribution is 6.08. The summed E-state index contributed by atoms with van der Waals surface area (Å²) in [6.45, 7) is 6.64. The maximum absolute atomic E-state index is 6.12. The van der Waals surface area contributed by atoms with Crippen LogP contribution in [0.15, 0.2) is 59.6 Å². The maximum Gasteiger partial charge on any atom is 0.231 e. The van der Waals surface area contributed by atoms with Crippen LogP contribution >= 0.6 is 0 Å². The molecule has 0 N–H and O–H groups in total. The van der Waals surface area contributed by atoms with Crippen molar-refractivity contribution in [2.24, 2.45) is 4.99 Å². The van der Waals surface area contributed by atoms with E-state index in [0.717, 1.165) is 36.2 Å². The molecule has 0 radical (unpaired) electrons. The van der Waals surface area contributed by atoms with Gasteiger partial charge in [-0.05, 0) is 31.4 Å². The zero-order chi connectivity index (χ0) is 23.3. The van der Waals surface area contributed by atoms with Gasteiger partial charge in [-0.1, -0.05) is 48.5 Å². The Bertz CT molecular complexity index is 1280. The molecule has 0 atom stereocenters. The van der Waals surface area contributed by atoms with Crippen molar-refractivity contribution in [1.82, 2.24) is 0 Å². The zero-order valence-electron chi connectivity index (χ0n) is 19.8. The molecule has 0 aliphatic carbocycles. The second-order valence-electron chi connectivity index (χ2n) is 9.55. The molecule has 0 saturated heterocycles. The van der Waals surface area contributed by atoms with E-state index in [0.29, 0.717) is 29.8 Å². The molecule has 0 amide bonds. The van der Waals surface area contributed by atoms with Crippen molar-refractivity contribution in [1.29, 1.82) is 0 Å². The molecule has 0 bridgehead atoms. The normalized spacial score (nSPS) is 17.4. The second-order valence-corrected chi connectivity index (χ2v) is 9.55. The van der Waals surface area contributed by atoms with Crippen molar-refractivity contribution >= 4 is 11.6 Å². The third kappa shape index (κ3) is 3.45. The lowest BCUT2D eigenvalue weighted by molar-refractivity contribution is 0.174. The van der Waals surface area contributed by atoms with E-state index < -0.39 is 0 Å². The summed E-state index contributed by atoms with van der Waals surface area (Å²) in [5.41, 5.74) is 6.34. The van der Waals surface area contributed by atoms with E-state index in [4.69, 9.17) is 23.9 Å². The first-order chi connectivity index (χ1) is 16.5. The molecule has 3 aromatic rings. The molecule has 6 nitrogen and oxygen atoms in total. The van der Waals surface area contributed by atoms with Crippen LogP contribution in [0.5, 0.6) is 17.2 Å². The number of nitrogens with zero attached hydrogens (tertiary/aromatic N) is 2. The molecule has 3 aliphatic rings. The summed E-state index contributed by atoms with van der Waals surface area (Å²) < 4.78 is 23.8. The van der Waals surface area contributed by atoms with Gasteiger partial charge < -0.3 is 23.8 Å². The lowest BCUT2D eigenvalue weighted by Crippen LogP contribution is -2.20. The molecule has 34 heavy (non-hydrogen) atoms. The van der Waals surface area contributed by atoms with E-state index in [2.05, 4.69) is 67.3 Å². The Morgan fingerprint density at radius 2 is 1.85 bits per heavy atom. The van der Waals surface area contributed by atoms with Gasteiger partial charge in [0, 0.05) is 36.0 Å². The SMILES string of the molecule is COc1cc2c(c(-c3cccc4c3N(Cc3ccccc3)CC4)c1C1=NC(C)(C)CO1)OCO2. The highest BCUT2D eigenvalue weighted by Gasteiger charge is 2.36. The number of hydrogen-bond acceptors (Lipinski definition) is 6. The topological polar surface area (TPSA) is 52.5 Å². The highest BCUT2D eigenvalue weighted by Crippen LogP contribution is 2.52. The smallest absolute Gasteiger partial charge is 0.231 e. The molecular formula is C28H28N2O4. The molecular weight excluding hydrogens is 428 g/mol. The lowest BCUT2D eigenvalue weighted by Gasteiger charge is -2.24. The molecule has 0 fully saturated rings. The zero-order valence-corrected chi connectivity index (χ0v) is 19.8. The molecule has 0 spiro atoms. The fourth-order valence-corrected chi connectivity index (χ4v) is 5.06. The van der Waals surface area contributed by atoms with Gasteiger partial charge in [0.15, 0.2) is 11.5 Å². The molecule has 3 aromatic carbocycles. The van der Waals surface area contributed by atoms with Gasteiger partial charge >= 0.3 is 0 Å². The number of para-hydroxylation sites is 1. The minimum absolute atomic E-state index is 0.177. The van der Waals surface area contributed by atoms with E-state index >= 15 is 0 Å². The van der Waals surface area contributed by atoms with E-state index in [1.807, 2.05) is 6.07 Å². The number of benzene rings is 3. The summed E-state index contributed by atoms with van der Waals surface area (Å²) in [6, 6.07) is 19.0. The van der Waals surface area contributed by atoms with Crippen LogP contribution in [0, 0.1) is 0 Å². The lowest BCUT2D eigenvalue weighted by atomic mass is 9.93. The molecule has 6 rings (SSSR count). The number of ether oxygens (including phenoxy) is 4. The van der Waals surface area contributed by atoms with Gasteiger partial charge in [0.2, 0.25) is 12.7 Å². The summed E-state index contributed by atoms with van der Waals surface area (Å²) >= 11 is 0. The van der Waals surface area contributed by atoms with Gasteiger partial charge in [-0.3, -0.25) is 0 Å². The van der Waals surface area contributed by atoms with Crippen LogP contribution in [0.3, 0.4) is 0 Å². The van der Waals surface area contributed by atoms with E-state index in [9.17, 15) is 0 Å². The van der Waals surface area contributed by atoms with Crippen LogP contribution in [0.1, 0.15) is 30.5 Å². The molecule has 6 heteroatoms. The van der Waals surface area contributed by atoms with Gasteiger partial charge in [-0.2, -0.15) is 0 Å². The Hall–Kier alpha value is -3.67. The van der Waals surface area contributed by atoms with Gasteiger partial charge in [0.05, 0.1) is 18.2 Å². The van der Waals surface area contributed by atoms with Crippen LogP contribution in [0.2, 0.25) is 0 Å². The first kappa shape index (κ1) is 20.9. The van der Waals surface area contributed by atoms with Crippen molar-refractivity contribution in [2.75, 3.05) is 32.0 Å². The summed E-state index contributed by atoms with van der Waals surface area (Å²) in [4.78, 5) is 7.35. The molecule has 0 aromatic heterocycles. The van der Waals surface area contributed by atoms with Crippen molar-refractivity contribution in [3.8, 4) is 28.4 Å². The summed E-state index contributed by atoms with van der Waals surface area (Å²) in [5, 5.41) is 0. The predicted octanol–water partition coefficient (Wildman–Crippen LogP) is 5.21. The largest absolute Gasteiger partial charge is 0.496 e. The summed E-state index contributed by atoms with van der Waals surface area (Å²) in [6.07, 6.45) is 0.999. The van der Waals surface area contributed by atoms with Crippen molar-refractivity contribution in [3.63, 3.8) is 0 Å². The number of hydrogen-bond donors (Lipinski definition) is 0. The number of anilines is 1. The Morgan fingerprint density at radius 1 is 1.00 bits per heavy atom. The van der Waals surface area contributed by atoms with Crippen LogP contribution in [-0.2, 0) is 17.7 Å². The fraction of sp³-hybridized carbons (Fsp3) is 0.321. The van der Waals surface area contributed by atoms with Crippen LogP contribution in [-0.4, -0.2) is 38.5 Å². The first-order valence-electron chi connectivity index (χ1n) is 11.7. The maximum atomic E-state index is 6.12. The second kappa shape index (κ2) is 7.97. The van der Waals surface area contributed by atoms with Crippen molar-refractivity contribution in [3.05, 3.63) is 71.3 Å². The van der Waals surface area contributed by atoms with Gasteiger partial charge in [0.1, 0.15) is 12.4 Å². The fourth-order valence-electron chi connectivity index (χ4n) is 5.06. The van der Waals surface area contributed by atoms with Crippen molar-refractivity contribution in [2.45, 2.75) is 32.4 Å². The summed E-state index contributed by atoms with van der Waals surface area (Å²) in [7, 11) is 1.67. The number of methoxy groups -OCH3 is 1. The minimum atomic E-state index is -0.300. The predicted molar refractivity (Wildman–Crippen MR) is 132 cm³/mol. The van der Waals surface area contributed by atoms with E-state index in [1.54, 1.807) is 7.11 Å². The summed E-state index contributed by atoms with van der Waals surface area (Å²) in [5.74, 6) is 2.65. The van der Waals surface area contributed by atoms with Crippen molar-refractivity contribution < 1.29 is 18.9 Å². The molecule has 0 unspecified atom stereocenters. The standard InChI is InChI=1S/C28H28N2O4/c1-28(2)16-32-27(29-28)24-21(31-3)14-22-26(34-17-33-22)23(24)20-11-7-10-19-12-13-30(25(19)20)15-18-8-5-4-6-9-18/h4-11,14H,12-13,15-17H2,1-3H3. The van der Waals surface area contributed by atoms with Gasteiger partial charge in [-0.15, -0.1) is 0 Å². The molecule has 174 valence electrons. The van der Waals surface area contributed by atoms with Gasteiger partial charge in [-0.25, -0.2) is 4.99 Å². The molecule has 0 saturated carbocycles. The Labute approximate surface area is 199 Å². The van der Waals surface area contributed by atoms with E-state index in [-0.39, 0.29) is 12.3 Å². The number of rotatable bonds is 5. The third-order valence-electron chi connectivity index (χ3n) is 6.60. The van der Waals surface area contributed by atoms with Gasteiger partial charge in [0.25, 0.3) is 0 Å². The quantitative estimate of drug-likeness (QED) is 0.528. The highest BCUT2D eigenvalue weighted by atomic mass is 16.7. The average molecular weight is 457 g/mol. The van der Waals surface area contributed by atoms with Crippen LogP contribution in [0.4, 0.5) is 5.69 Å². The number of fused-ring (bicyclic) bond motifs is 2. The van der Waals surface area contributed by atoms with Crippen LogP contribution in [0.25, 0.3) is 11.1 Å². The molecule has 3 heterocycles. The monoisotopic (exact) mass is 456 g/mol. The Balaban J connectivity index is 1.57. The average Bonchev–Trinajstić information content (AvgIpc) is 3.56. The Morgan fingerprint density at radius 3 is 2.62 bits per heavy atom. The number of aliphatic imine (C=N–C) groups is 1. The third-order valence-corrected chi connectivity index (χ3v) is 6.60. The minimum Gasteiger partial charge on any atom is -0.496 e. The first-order valence-corrected chi connectivity index (χ1v) is 11.7. The van der Waals surface area contributed by atoms with Crippen LogP contribution < -0.4 is 19.1 Å². The van der Waals surface area contributed by atoms with E-state index in [1.165, 1.54) is 16.8 Å². The molecule has 3 aliphatic heterocycles.